The van der Waals surface area contributed by atoms with Gasteiger partial charge < -0.3 is 14.5 Å². The first-order valence-corrected chi connectivity index (χ1v) is 9.19. The topological polar surface area (TPSA) is 53.1 Å². The number of methoxy groups -OCH3 is 1. The molecule has 0 spiro atoms. The Labute approximate surface area is 146 Å². The molecule has 2 aliphatic rings. The van der Waals surface area contributed by atoms with Crippen LogP contribution in [0.15, 0.2) is 24.3 Å². The molecule has 2 saturated heterocycles. The number of thioether (sulfide) groups is 1. The lowest BCUT2D eigenvalue weighted by molar-refractivity contribution is -0.133. The molecule has 0 radical (unpaired) electrons. The Hall–Kier alpha value is -1.73. The lowest BCUT2D eigenvalue weighted by atomic mass is 10.2. The summed E-state index contributed by atoms with van der Waals surface area (Å²) < 4.78 is 5.17. The minimum Gasteiger partial charge on any atom is -0.497 e. The first-order valence-electron chi connectivity index (χ1n) is 8.20. The molecule has 6 nitrogen and oxygen atoms in total. The second-order valence-corrected chi connectivity index (χ2v) is 7.09. The monoisotopic (exact) mass is 349 g/mol. The number of nitrogens with zero attached hydrogens (tertiary/aromatic N) is 3. The summed E-state index contributed by atoms with van der Waals surface area (Å²) >= 11 is 1.30. The van der Waals surface area contributed by atoms with Gasteiger partial charge in [-0.15, -0.1) is 0 Å². The maximum atomic E-state index is 12.3. The van der Waals surface area contributed by atoms with Gasteiger partial charge in [0.25, 0.3) is 5.24 Å². The fourth-order valence-electron chi connectivity index (χ4n) is 2.98. The molecule has 2 aliphatic heterocycles. The van der Waals surface area contributed by atoms with Crippen LogP contribution in [-0.2, 0) is 11.3 Å². The van der Waals surface area contributed by atoms with Gasteiger partial charge in [-0.05, 0) is 17.7 Å². The van der Waals surface area contributed by atoms with Crippen LogP contribution in [0.1, 0.15) is 5.56 Å². The van der Waals surface area contributed by atoms with Gasteiger partial charge >= 0.3 is 0 Å². The van der Waals surface area contributed by atoms with Crippen molar-refractivity contribution in [3.05, 3.63) is 29.8 Å². The van der Waals surface area contributed by atoms with Gasteiger partial charge in [0.2, 0.25) is 5.91 Å². The highest BCUT2D eigenvalue weighted by Gasteiger charge is 2.27. The third kappa shape index (κ3) is 4.21. The maximum Gasteiger partial charge on any atom is 0.282 e. The van der Waals surface area contributed by atoms with Gasteiger partial charge in [0.15, 0.2) is 0 Å². The van der Waals surface area contributed by atoms with E-state index in [1.807, 2.05) is 17.0 Å². The van der Waals surface area contributed by atoms with Crippen LogP contribution in [0.3, 0.4) is 0 Å². The molecule has 0 N–H and O–H groups in total. The van der Waals surface area contributed by atoms with E-state index in [-0.39, 0.29) is 17.7 Å². The van der Waals surface area contributed by atoms with Gasteiger partial charge in [0.05, 0.1) is 7.11 Å². The van der Waals surface area contributed by atoms with Crippen LogP contribution in [0.4, 0.5) is 4.79 Å². The van der Waals surface area contributed by atoms with Crippen molar-refractivity contribution in [3.8, 4) is 5.75 Å². The zero-order valence-corrected chi connectivity index (χ0v) is 14.8. The van der Waals surface area contributed by atoms with Gasteiger partial charge in [-0.1, -0.05) is 23.9 Å². The minimum atomic E-state index is 0.0292. The summed E-state index contributed by atoms with van der Waals surface area (Å²) in [5.41, 5.74) is 1.25. The van der Waals surface area contributed by atoms with E-state index >= 15 is 0 Å². The van der Waals surface area contributed by atoms with E-state index in [2.05, 4.69) is 17.0 Å². The summed E-state index contributed by atoms with van der Waals surface area (Å²) in [4.78, 5) is 29.8. The van der Waals surface area contributed by atoms with Gasteiger partial charge in [-0.25, -0.2) is 0 Å². The van der Waals surface area contributed by atoms with Crippen molar-refractivity contribution in [1.29, 1.82) is 0 Å². The highest BCUT2D eigenvalue weighted by atomic mass is 32.2. The largest absolute Gasteiger partial charge is 0.497 e. The van der Waals surface area contributed by atoms with E-state index in [1.54, 1.807) is 12.0 Å². The van der Waals surface area contributed by atoms with Crippen molar-refractivity contribution in [2.45, 2.75) is 6.54 Å². The van der Waals surface area contributed by atoms with Crippen LogP contribution < -0.4 is 4.74 Å². The van der Waals surface area contributed by atoms with Crippen LogP contribution in [0.2, 0.25) is 0 Å². The number of benzene rings is 1. The fraction of sp³-hybridized carbons (Fsp3) is 0.529. The minimum absolute atomic E-state index is 0.0292. The Morgan fingerprint density at radius 1 is 1.12 bits per heavy atom. The van der Waals surface area contributed by atoms with E-state index in [0.29, 0.717) is 6.54 Å². The number of ether oxygens (including phenoxy) is 1. The molecule has 7 heteroatoms. The van der Waals surface area contributed by atoms with Crippen molar-refractivity contribution in [2.24, 2.45) is 0 Å². The zero-order chi connectivity index (χ0) is 16.9. The highest BCUT2D eigenvalue weighted by Crippen LogP contribution is 2.18. The Balaban J connectivity index is 1.44. The molecule has 3 rings (SSSR count). The predicted molar refractivity (Wildman–Crippen MR) is 94.3 cm³/mol. The van der Waals surface area contributed by atoms with E-state index in [1.165, 1.54) is 17.3 Å². The number of carbonyl (C=O) groups excluding carboxylic acids is 2. The molecule has 0 aromatic heterocycles. The average molecular weight is 349 g/mol. The van der Waals surface area contributed by atoms with Crippen LogP contribution in [0.5, 0.6) is 5.75 Å². The summed E-state index contributed by atoms with van der Waals surface area (Å²) in [5.74, 6) is 1.72. The molecule has 0 unspecified atom stereocenters. The lowest BCUT2D eigenvalue weighted by Gasteiger charge is -2.35. The molecule has 24 heavy (non-hydrogen) atoms. The van der Waals surface area contributed by atoms with Crippen molar-refractivity contribution >= 4 is 22.9 Å². The molecule has 2 heterocycles. The summed E-state index contributed by atoms with van der Waals surface area (Å²) in [7, 11) is 1.67. The first kappa shape index (κ1) is 17.1. The van der Waals surface area contributed by atoms with Crippen molar-refractivity contribution in [3.63, 3.8) is 0 Å². The van der Waals surface area contributed by atoms with Gasteiger partial charge in [-0.2, -0.15) is 0 Å². The van der Waals surface area contributed by atoms with Crippen molar-refractivity contribution in [1.82, 2.24) is 14.7 Å². The van der Waals surface area contributed by atoms with Crippen LogP contribution in [-0.4, -0.2) is 78.0 Å². The van der Waals surface area contributed by atoms with Gasteiger partial charge in [0, 0.05) is 45.0 Å². The molecule has 1 aromatic carbocycles. The highest BCUT2D eigenvalue weighted by molar-refractivity contribution is 8.13. The molecule has 2 fully saturated rings. The van der Waals surface area contributed by atoms with Gasteiger partial charge in [-0.3, -0.25) is 14.5 Å². The molecule has 0 atom stereocenters. The Morgan fingerprint density at radius 2 is 1.83 bits per heavy atom. The number of hydrogen-bond donors (Lipinski definition) is 0. The van der Waals surface area contributed by atoms with Crippen LogP contribution in [0, 0.1) is 0 Å². The second kappa shape index (κ2) is 7.90. The van der Waals surface area contributed by atoms with Crippen LogP contribution in [0.25, 0.3) is 0 Å². The number of piperazine rings is 1. The number of hydrogen-bond acceptors (Lipinski definition) is 5. The van der Waals surface area contributed by atoms with Crippen molar-refractivity contribution in [2.75, 3.05) is 52.1 Å². The normalized spacial score (nSPS) is 19.0. The van der Waals surface area contributed by atoms with E-state index in [9.17, 15) is 9.59 Å². The summed E-state index contributed by atoms with van der Waals surface area (Å²) in [6.07, 6.45) is 0. The summed E-state index contributed by atoms with van der Waals surface area (Å²) in [6, 6.07) is 8.10. The van der Waals surface area contributed by atoms with Crippen molar-refractivity contribution < 1.29 is 14.3 Å². The standard InChI is InChI=1S/C17H23N3O3S/c1-23-15-4-2-14(3-5-15)12-18-6-8-19(9-7-18)16(21)13-20-10-11-24-17(20)22/h2-5H,6-13H2,1H3. The lowest BCUT2D eigenvalue weighted by Crippen LogP contribution is -2.50. The predicted octanol–water partition coefficient (Wildman–Crippen LogP) is 1.51. The number of amides is 2. The maximum absolute atomic E-state index is 12.3. The van der Waals surface area contributed by atoms with E-state index in [4.69, 9.17) is 4.74 Å². The fourth-order valence-corrected chi connectivity index (χ4v) is 3.80. The van der Waals surface area contributed by atoms with E-state index in [0.717, 1.165) is 44.2 Å². The number of rotatable bonds is 5. The SMILES string of the molecule is COc1ccc(CN2CCN(C(=O)CN3CCSC3=O)CC2)cc1. The Morgan fingerprint density at radius 3 is 2.42 bits per heavy atom. The molecule has 130 valence electrons. The Bertz CT molecular complexity index is 585. The third-order valence-electron chi connectivity index (χ3n) is 4.46. The molecule has 2 amide bonds. The van der Waals surface area contributed by atoms with Gasteiger partial charge in [0.1, 0.15) is 12.3 Å². The quantitative estimate of drug-likeness (QED) is 0.807. The molecule has 0 aliphatic carbocycles. The molecule has 0 bridgehead atoms. The third-order valence-corrected chi connectivity index (χ3v) is 5.35. The number of carbonyl (C=O) groups is 2. The second-order valence-electron chi connectivity index (χ2n) is 6.04. The first-order chi connectivity index (χ1) is 11.7. The summed E-state index contributed by atoms with van der Waals surface area (Å²) in [5, 5.41) is 0.0292. The molecular weight excluding hydrogens is 326 g/mol. The molecule has 1 aromatic rings. The van der Waals surface area contributed by atoms with E-state index < -0.39 is 0 Å². The Kier molecular flexibility index (Phi) is 5.63. The summed E-state index contributed by atoms with van der Waals surface area (Å²) in [6.45, 7) is 4.97. The molecular formula is C17H23N3O3S. The molecule has 0 saturated carbocycles. The smallest absolute Gasteiger partial charge is 0.282 e. The van der Waals surface area contributed by atoms with Crippen LogP contribution >= 0.6 is 11.8 Å². The zero-order valence-electron chi connectivity index (χ0n) is 13.9. The average Bonchev–Trinajstić information content (AvgIpc) is 3.01.